The molecular weight excluding hydrogens is 440 g/mol. The lowest BCUT2D eigenvalue weighted by Crippen LogP contribution is -2.38. The number of nitrogens with zero attached hydrogens (tertiary/aromatic N) is 1. The molecule has 3 rings (SSSR count). The van der Waals surface area contributed by atoms with E-state index < -0.39 is 22.5 Å². The Morgan fingerprint density at radius 3 is 2.33 bits per heavy atom. The molecule has 1 N–H and O–H groups in total. The number of benzene rings is 3. The highest BCUT2D eigenvalue weighted by molar-refractivity contribution is 7.92. The number of carbonyl (C=O) groups is 2. The molecule has 0 unspecified atom stereocenters. The molecule has 0 saturated heterocycles. The Kier molecular flexibility index (Phi) is 7.50. The van der Waals surface area contributed by atoms with Crippen molar-refractivity contribution in [2.45, 2.75) is 25.7 Å². The molecule has 8 heteroatoms. The summed E-state index contributed by atoms with van der Waals surface area (Å²) >= 11 is 0. The second-order valence-electron chi connectivity index (χ2n) is 7.41. The lowest BCUT2D eigenvalue weighted by molar-refractivity contribution is -0.114. The third kappa shape index (κ3) is 5.78. The monoisotopic (exact) mass is 466 g/mol. The van der Waals surface area contributed by atoms with Crippen molar-refractivity contribution in [1.82, 2.24) is 0 Å². The van der Waals surface area contributed by atoms with Crippen molar-refractivity contribution in [1.29, 1.82) is 0 Å². The van der Waals surface area contributed by atoms with Crippen LogP contribution in [0.1, 0.15) is 29.8 Å². The van der Waals surface area contributed by atoms with Crippen LogP contribution in [0, 0.1) is 6.92 Å². The van der Waals surface area contributed by atoms with Crippen LogP contribution in [0.15, 0.2) is 77.7 Å². The number of sulfonamides is 1. The normalized spacial score (nSPS) is 11.0. The summed E-state index contributed by atoms with van der Waals surface area (Å²) in [5, 5.41) is 2.68. The molecule has 7 nitrogen and oxygen atoms in total. The van der Waals surface area contributed by atoms with E-state index in [1.54, 1.807) is 67.6 Å². The molecule has 0 aromatic heterocycles. The molecule has 33 heavy (non-hydrogen) atoms. The number of nitrogens with one attached hydrogen (secondary N) is 1. The fourth-order valence-corrected chi connectivity index (χ4v) is 4.66. The quantitative estimate of drug-likeness (QED) is 0.471. The third-order valence-corrected chi connectivity index (χ3v) is 6.66. The summed E-state index contributed by atoms with van der Waals surface area (Å²) < 4.78 is 33.8. The standard InChI is InChI=1S/C25H26N2O5S/c1-4-32-24-11-6-5-10-23(24)27(33(30,31)22-14-12-18(2)13-15-22)17-25(29)26-21-9-7-8-20(16-21)19(3)28/h5-16H,4,17H2,1-3H3,(H,26,29). The molecule has 0 aliphatic heterocycles. The predicted octanol–water partition coefficient (Wildman–Crippen LogP) is 4.43. The van der Waals surface area contributed by atoms with Crippen molar-refractivity contribution in [2.24, 2.45) is 0 Å². The van der Waals surface area contributed by atoms with Gasteiger partial charge in [-0.1, -0.05) is 42.0 Å². The van der Waals surface area contributed by atoms with E-state index in [1.807, 2.05) is 6.92 Å². The van der Waals surface area contributed by atoms with E-state index in [9.17, 15) is 18.0 Å². The number of aryl methyl sites for hydroxylation is 1. The molecule has 0 fully saturated rings. The molecule has 172 valence electrons. The van der Waals surface area contributed by atoms with Crippen molar-refractivity contribution < 1.29 is 22.7 Å². The second kappa shape index (κ2) is 10.3. The van der Waals surface area contributed by atoms with Crippen LogP contribution in [0.2, 0.25) is 0 Å². The molecular formula is C25H26N2O5S. The first kappa shape index (κ1) is 24.0. The molecule has 0 atom stereocenters. The summed E-state index contributed by atoms with van der Waals surface area (Å²) in [6.07, 6.45) is 0. The number of hydrogen-bond acceptors (Lipinski definition) is 5. The molecule has 0 spiro atoms. The van der Waals surface area contributed by atoms with E-state index in [0.717, 1.165) is 9.87 Å². The van der Waals surface area contributed by atoms with Crippen molar-refractivity contribution in [2.75, 3.05) is 22.8 Å². The van der Waals surface area contributed by atoms with Gasteiger partial charge in [-0.2, -0.15) is 0 Å². The Labute approximate surface area is 194 Å². The van der Waals surface area contributed by atoms with Gasteiger partial charge in [0.2, 0.25) is 5.91 Å². The number of para-hydroxylation sites is 2. The fraction of sp³-hybridized carbons (Fsp3) is 0.200. The zero-order valence-electron chi connectivity index (χ0n) is 18.7. The summed E-state index contributed by atoms with van der Waals surface area (Å²) in [4.78, 5) is 24.6. The molecule has 0 heterocycles. The van der Waals surface area contributed by atoms with Crippen LogP contribution < -0.4 is 14.4 Å². The van der Waals surface area contributed by atoms with Gasteiger partial charge in [0, 0.05) is 11.3 Å². The van der Waals surface area contributed by atoms with Crippen LogP contribution in [-0.4, -0.2) is 33.3 Å². The molecule has 3 aromatic carbocycles. The molecule has 0 aliphatic carbocycles. The van der Waals surface area contributed by atoms with Gasteiger partial charge in [-0.15, -0.1) is 0 Å². The van der Waals surface area contributed by atoms with Gasteiger partial charge in [-0.25, -0.2) is 8.42 Å². The second-order valence-corrected chi connectivity index (χ2v) is 9.27. The molecule has 0 aliphatic rings. The Hall–Kier alpha value is -3.65. The van der Waals surface area contributed by atoms with Crippen molar-refractivity contribution in [3.63, 3.8) is 0 Å². The number of ether oxygens (including phenoxy) is 1. The Balaban J connectivity index is 1.99. The summed E-state index contributed by atoms with van der Waals surface area (Å²) in [6, 6.07) is 19.6. The zero-order valence-corrected chi connectivity index (χ0v) is 19.6. The van der Waals surface area contributed by atoms with Crippen molar-refractivity contribution in [3.8, 4) is 5.75 Å². The molecule has 0 bridgehead atoms. The maximum absolute atomic E-state index is 13.6. The van der Waals surface area contributed by atoms with E-state index in [4.69, 9.17) is 4.74 Å². The van der Waals surface area contributed by atoms with Gasteiger partial charge < -0.3 is 10.1 Å². The molecule has 1 amide bonds. The van der Waals surface area contributed by atoms with Gasteiger partial charge in [-0.3, -0.25) is 13.9 Å². The first-order chi connectivity index (χ1) is 15.7. The van der Waals surface area contributed by atoms with Gasteiger partial charge in [-0.05, 0) is 57.2 Å². The topological polar surface area (TPSA) is 92.8 Å². The average molecular weight is 467 g/mol. The number of carbonyl (C=O) groups excluding carboxylic acids is 2. The highest BCUT2D eigenvalue weighted by Crippen LogP contribution is 2.32. The first-order valence-corrected chi connectivity index (χ1v) is 11.9. The first-order valence-electron chi connectivity index (χ1n) is 10.4. The maximum atomic E-state index is 13.6. The van der Waals surface area contributed by atoms with Crippen molar-refractivity contribution >= 4 is 33.1 Å². The number of amides is 1. The third-order valence-electron chi connectivity index (χ3n) is 4.88. The number of anilines is 2. The summed E-state index contributed by atoms with van der Waals surface area (Å²) in [7, 11) is -4.08. The lowest BCUT2D eigenvalue weighted by Gasteiger charge is -2.26. The lowest BCUT2D eigenvalue weighted by atomic mass is 10.1. The SMILES string of the molecule is CCOc1ccccc1N(CC(=O)Nc1cccc(C(C)=O)c1)S(=O)(=O)c1ccc(C)cc1. The Bertz CT molecular complexity index is 1250. The minimum Gasteiger partial charge on any atom is -0.492 e. The predicted molar refractivity (Wildman–Crippen MR) is 128 cm³/mol. The fourth-order valence-electron chi connectivity index (χ4n) is 3.22. The van der Waals surface area contributed by atoms with Gasteiger partial charge in [0.15, 0.2) is 5.78 Å². The van der Waals surface area contributed by atoms with Crippen LogP contribution in [0.5, 0.6) is 5.75 Å². The van der Waals surface area contributed by atoms with Gasteiger partial charge in [0.1, 0.15) is 12.3 Å². The average Bonchev–Trinajstić information content (AvgIpc) is 2.78. The van der Waals surface area contributed by atoms with Crippen LogP contribution in [0.3, 0.4) is 0 Å². The van der Waals surface area contributed by atoms with E-state index in [1.165, 1.54) is 19.1 Å². The summed E-state index contributed by atoms with van der Waals surface area (Å²) in [5.74, 6) is -0.347. The maximum Gasteiger partial charge on any atom is 0.264 e. The van der Waals surface area contributed by atoms with Crippen LogP contribution in [-0.2, 0) is 14.8 Å². The van der Waals surface area contributed by atoms with Crippen molar-refractivity contribution in [3.05, 3.63) is 83.9 Å². The van der Waals surface area contributed by atoms with E-state index in [-0.39, 0.29) is 16.4 Å². The smallest absolute Gasteiger partial charge is 0.264 e. The largest absolute Gasteiger partial charge is 0.492 e. The van der Waals surface area contributed by atoms with Crippen LogP contribution in [0.25, 0.3) is 0 Å². The van der Waals surface area contributed by atoms with E-state index in [0.29, 0.717) is 23.6 Å². The number of hydrogen-bond donors (Lipinski definition) is 1. The molecule has 0 saturated carbocycles. The zero-order chi connectivity index (χ0) is 24.0. The van der Waals surface area contributed by atoms with Crippen LogP contribution >= 0.6 is 0 Å². The van der Waals surface area contributed by atoms with Gasteiger partial charge >= 0.3 is 0 Å². The minimum atomic E-state index is -4.08. The molecule has 3 aromatic rings. The highest BCUT2D eigenvalue weighted by Gasteiger charge is 2.29. The Morgan fingerprint density at radius 1 is 0.970 bits per heavy atom. The van der Waals surface area contributed by atoms with E-state index in [2.05, 4.69) is 5.32 Å². The van der Waals surface area contributed by atoms with Gasteiger partial charge in [0.05, 0.1) is 17.2 Å². The molecule has 0 radical (unpaired) electrons. The number of rotatable bonds is 9. The van der Waals surface area contributed by atoms with Gasteiger partial charge in [0.25, 0.3) is 10.0 Å². The minimum absolute atomic E-state index is 0.0609. The highest BCUT2D eigenvalue weighted by atomic mass is 32.2. The Morgan fingerprint density at radius 2 is 1.67 bits per heavy atom. The number of ketones is 1. The number of Topliss-reactive ketones (excluding diaryl/α,β-unsaturated/α-hetero) is 1. The van der Waals surface area contributed by atoms with Crippen LogP contribution in [0.4, 0.5) is 11.4 Å². The summed E-state index contributed by atoms with van der Waals surface area (Å²) in [5.41, 5.74) is 2.02. The van der Waals surface area contributed by atoms with E-state index >= 15 is 0 Å². The summed E-state index contributed by atoms with van der Waals surface area (Å²) in [6.45, 7) is 4.94.